The van der Waals surface area contributed by atoms with Gasteiger partial charge in [0.15, 0.2) is 15.0 Å². The second-order valence-corrected chi connectivity index (χ2v) is 9.99. The van der Waals surface area contributed by atoms with Gasteiger partial charge in [-0.1, -0.05) is 57.6 Å². The third-order valence-corrected chi connectivity index (χ3v) is 6.80. The molecule has 3 rings (SSSR count). The number of anilines is 1. The molecule has 1 heterocycles. The summed E-state index contributed by atoms with van der Waals surface area (Å²) >= 11 is 4.79. The molecule has 0 saturated heterocycles. The Morgan fingerprint density at radius 3 is 2.69 bits per heavy atom. The first kappa shape index (κ1) is 19.0. The van der Waals surface area contributed by atoms with E-state index in [1.807, 2.05) is 36.4 Å². The van der Waals surface area contributed by atoms with Gasteiger partial charge in [0.1, 0.15) is 0 Å². The molecular weight excluding hydrogens is 436 g/mol. The molecule has 1 N–H and O–H groups in total. The van der Waals surface area contributed by atoms with Crippen LogP contribution in [0.3, 0.4) is 0 Å². The van der Waals surface area contributed by atoms with Crippen LogP contribution in [0.25, 0.3) is 10.2 Å². The highest BCUT2D eigenvalue weighted by molar-refractivity contribution is 9.10. The molecule has 0 atom stereocenters. The molecule has 8 heteroatoms. The molecule has 26 heavy (non-hydrogen) atoms. The Labute approximate surface area is 164 Å². The zero-order chi connectivity index (χ0) is 18.6. The average Bonchev–Trinajstić information content (AvgIpc) is 2.96. The minimum Gasteiger partial charge on any atom is -0.302 e. The molecule has 0 unspecified atom stereocenters. The van der Waals surface area contributed by atoms with Gasteiger partial charge in [-0.25, -0.2) is 13.4 Å². The normalized spacial score (nSPS) is 11.6. The van der Waals surface area contributed by atoms with Crippen LogP contribution >= 0.6 is 27.3 Å². The minimum absolute atomic E-state index is 0.00219. The molecule has 5 nitrogen and oxygen atoms in total. The van der Waals surface area contributed by atoms with Crippen molar-refractivity contribution in [1.29, 1.82) is 0 Å². The van der Waals surface area contributed by atoms with Crippen LogP contribution in [0.15, 0.2) is 53.0 Å². The molecule has 0 fully saturated rings. The van der Waals surface area contributed by atoms with Gasteiger partial charge in [-0.05, 0) is 30.2 Å². The first-order chi connectivity index (χ1) is 12.4. The number of amides is 1. The van der Waals surface area contributed by atoms with Crippen LogP contribution in [0.2, 0.25) is 0 Å². The van der Waals surface area contributed by atoms with E-state index in [0.29, 0.717) is 5.13 Å². The number of hydrogen-bond acceptors (Lipinski definition) is 5. The molecule has 0 bridgehead atoms. The first-order valence-electron chi connectivity index (χ1n) is 8.02. The number of hydrogen-bond donors (Lipinski definition) is 1. The molecule has 0 aliphatic carbocycles. The van der Waals surface area contributed by atoms with Gasteiger partial charge in [-0.2, -0.15) is 0 Å². The first-order valence-corrected chi connectivity index (χ1v) is 11.4. The molecule has 0 radical (unpaired) electrons. The highest BCUT2D eigenvalue weighted by Gasteiger charge is 2.14. The Hall–Kier alpha value is -1.77. The number of carbonyl (C=O) groups excluding carboxylic acids is 1. The van der Waals surface area contributed by atoms with Crippen molar-refractivity contribution in [2.75, 3.05) is 11.1 Å². The number of sulfone groups is 1. The third-order valence-electron chi connectivity index (χ3n) is 3.69. The second kappa shape index (κ2) is 8.28. The largest absolute Gasteiger partial charge is 0.302 e. The number of halogens is 1. The molecule has 136 valence electrons. The van der Waals surface area contributed by atoms with E-state index < -0.39 is 9.84 Å². The Bertz CT molecular complexity index is 1020. The van der Waals surface area contributed by atoms with Crippen molar-refractivity contribution in [3.63, 3.8) is 0 Å². The van der Waals surface area contributed by atoms with E-state index in [4.69, 9.17) is 0 Å². The predicted octanol–water partition coefficient (Wildman–Crippen LogP) is 4.39. The molecule has 3 aromatic rings. The Morgan fingerprint density at radius 2 is 1.92 bits per heavy atom. The average molecular weight is 453 g/mol. The fourth-order valence-electron chi connectivity index (χ4n) is 2.49. The van der Waals surface area contributed by atoms with E-state index >= 15 is 0 Å². The van der Waals surface area contributed by atoms with Gasteiger partial charge in [0.2, 0.25) is 5.91 Å². The van der Waals surface area contributed by atoms with Crippen molar-refractivity contribution >= 4 is 58.4 Å². The highest BCUT2D eigenvalue weighted by atomic mass is 79.9. The molecule has 0 saturated carbocycles. The van der Waals surface area contributed by atoms with Crippen LogP contribution in [-0.2, 0) is 20.4 Å². The molecule has 1 amide bonds. The lowest BCUT2D eigenvalue weighted by atomic mass is 10.2. The number of fused-ring (bicyclic) bond motifs is 1. The van der Waals surface area contributed by atoms with Gasteiger partial charge in [0, 0.05) is 10.9 Å². The molecule has 0 aliphatic rings. The smallest absolute Gasteiger partial charge is 0.226 e. The number of nitrogens with one attached hydrogen (secondary N) is 1. The Balaban J connectivity index is 1.50. The zero-order valence-corrected chi connectivity index (χ0v) is 17.0. The van der Waals surface area contributed by atoms with Crippen LogP contribution in [-0.4, -0.2) is 25.1 Å². The summed E-state index contributed by atoms with van der Waals surface area (Å²) in [6, 6.07) is 14.8. The van der Waals surface area contributed by atoms with Crippen molar-refractivity contribution in [3.05, 3.63) is 58.6 Å². The van der Waals surface area contributed by atoms with Crippen LogP contribution in [0.5, 0.6) is 0 Å². The summed E-state index contributed by atoms with van der Waals surface area (Å²) in [6.45, 7) is 0. The Morgan fingerprint density at radius 1 is 1.15 bits per heavy atom. The summed E-state index contributed by atoms with van der Waals surface area (Å²) in [6.07, 6.45) is 0.436. The van der Waals surface area contributed by atoms with Crippen LogP contribution < -0.4 is 5.32 Å². The van der Waals surface area contributed by atoms with Gasteiger partial charge >= 0.3 is 0 Å². The van der Waals surface area contributed by atoms with Crippen molar-refractivity contribution in [3.8, 4) is 0 Å². The van der Waals surface area contributed by atoms with Gasteiger partial charge < -0.3 is 5.32 Å². The molecule has 0 aliphatic heterocycles. The number of carbonyl (C=O) groups is 1. The van der Waals surface area contributed by atoms with E-state index in [1.165, 1.54) is 11.3 Å². The molecule has 0 spiro atoms. The molecular formula is C18H17BrN2O3S2. The second-order valence-electron chi connectivity index (χ2n) is 5.86. The van der Waals surface area contributed by atoms with Crippen molar-refractivity contribution in [2.24, 2.45) is 0 Å². The van der Waals surface area contributed by atoms with E-state index in [1.54, 1.807) is 12.1 Å². The summed E-state index contributed by atoms with van der Waals surface area (Å²) in [7, 11) is -3.23. The third kappa shape index (κ3) is 5.36. The number of thiazole rings is 1. The van der Waals surface area contributed by atoms with Crippen LogP contribution in [0.4, 0.5) is 5.13 Å². The maximum absolute atomic E-state index is 12.1. The number of rotatable bonds is 7. The van der Waals surface area contributed by atoms with Gasteiger partial charge in [0.25, 0.3) is 0 Å². The van der Waals surface area contributed by atoms with Crippen molar-refractivity contribution in [1.82, 2.24) is 4.98 Å². The fourth-order valence-corrected chi connectivity index (χ4v) is 5.35. The van der Waals surface area contributed by atoms with Crippen LogP contribution in [0.1, 0.15) is 18.4 Å². The summed E-state index contributed by atoms with van der Waals surface area (Å²) in [5, 5.41) is 3.27. The standard InChI is InChI=1S/C18H17BrN2O3S2/c19-14-8-9-15-16(11-14)25-18(20-15)21-17(22)7-4-10-26(23,24)12-13-5-2-1-3-6-13/h1-3,5-6,8-9,11H,4,7,10,12H2,(H,20,21,22). The highest BCUT2D eigenvalue weighted by Crippen LogP contribution is 2.28. The molecule has 2 aromatic carbocycles. The van der Waals surface area contributed by atoms with Gasteiger partial charge in [-0.3, -0.25) is 4.79 Å². The summed E-state index contributed by atoms with van der Waals surface area (Å²) in [4.78, 5) is 16.4. The monoisotopic (exact) mass is 452 g/mol. The van der Waals surface area contributed by atoms with Crippen molar-refractivity contribution < 1.29 is 13.2 Å². The number of nitrogens with zero attached hydrogens (tertiary/aromatic N) is 1. The lowest BCUT2D eigenvalue weighted by Crippen LogP contribution is -2.15. The minimum atomic E-state index is -3.23. The van der Waals surface area contributed by atoms with Crippen LogP contribution in [0, 0.1) is 0 Å². The summed E-state index contributed by atoms with van der Waals surface area (Å²) in [5.74, 6) is -0.234. The zero-order valence-electron chi connectivity index (χ0n) is 13.8. The number of benzene rings is 2. The lowest BCUT2D eigenvalue weighted by Gasteiger charge is -2.05. The van der Waals surface area contributed by atoms with Gasteiger partial charge in [0.05, 0.1) is 21.7 Å². The van der Waals surface area contributed by atoms with Gasteiger partial charge in [-0.15, -0.1) is 0 Å². The van der Waals surface area contributed by atoms with E-state index in [0.717, 1.165) is 20.3 Å². The topological polar surface area (TPSA) is 76.1 Å². The van der Waals surface area contributed by atoms with E-state index in [2.05, 4.69) is 26.2 Å². The van der Waals surface area contributed by atoms with E-state index in [-0.39, 0.29) is 30.3 Å². The summed E-state index contributed by atoms with van der Waals surface area (Å²) in [5.41, 5.74) is 1.58. The number of aromatic nitrogens is 1. The van der Waals surface area contributed by atoms with E-state index in [9.17, 15) is 13.2 Å². The predicted molar refractivity (Wildman–Crippen MR) is 109 cm³/mol. The Kier molecular flexibility index (Phi) is 6.05. The summed E-state index contributed by atoms with van der Waals surface area (Å²) < 4.78 is 26.2. The fraction of sp³-hybridized carbons (Fsp3) is 0.222. The maximum Gasteiger partial charge on any atom is 0.226 e. The molecule has 1 aromatic heterocycles. The lowest BCUT2D eigenvalue weighted by molar-refractivity contribution is -0.116. The van der Waals surface area contributed by atoms with Crippen molar-refractivity contribution in [2.45, 2.75) is 18.6 Å². The SMILES string of the molecule is O=C(CCCS(=O)(=O)Cc1ccccc1)Nc1nc2ccc(Br)cc2s1. The maximum atomic E-state index is 12.1. The quantitative estimate of drug-likeness (QED) is 0.576.